The lowest BCUT2D eigenvalue weighted by Crippen LogP contribution is -1.98. The lowest BCUT2D eigenvalue weighted by Gasteiger charge is -2.12. The second kappa shape index (κ2) is 5.71. The van der Waals surface area contributed by atoms with E-state index in [2.05, 4.69) is 11.4 Å². The molecule has 0 saturated heterocycles. The van der Waals surface area contributed by atoms with Gasteiger partial charge in [0.05, 0.1) is 23.3 Å². The summed E-state index contributed by atoms with van der Waals surface area (Å²) in [6.45, 7) is 0. The zero-order valence-electron chi connectivity index (χ0n) is 10.7. The number of benzene rings is 2. The van der Waals surface area contributed by atoms with Crippen molar-refractivity contribution in [3.05, 3.63) is 58.1 Å². The second-order valence-corrected chi connectivity index (χ2v) is 3.93. The lowest BCUT2D eigenvalue weighted by atomic mass is 10.1. The van der Waals surface area contributed by atoms with Gasteiger partial charge >= 0.3 is 0 Å². The largest absolute Gasteiger partial charge is 0.495 e. The molecule has 1 N–H and O–H groups in total. The number of rotatable bonds is 4. The average Bonchev–Trinajstić information content (AvgIpc) is 2.47. The van der Waals surface area contributed by atoms with Crippen molar-refractivity contribution in [1.29, 1.82) is 5.26 Å². The number of nitro benzene ring substituents is 1. The molecule has 0 bridgehead atoms. The van der Waals surface area contributed by atoms with Gasteiger partial charge in [0, 0.05) is 17.8 Å². The van der Waals surface area contributed by atoms with E-state index in [1.165, 1.54) is 19.2 Å². The minimum absolute atomic E-state index is 0.0246. The van der Waals surface area contributed by atoms with E-state index in [0.29, 0.717) is 22.7 Å². The van der Waals surface area contributed by atoms with Crippen molar-refractivity contribution in [3.63, 3.8) is 0 Å². The molecule has 2 aromatic carbocycles. The molecule has 2 aromatic rings. The van der Waals surface area contributed by atoms with Gasteiger partial charge in [0.2, 0.25) is 0 Å². The molecule has 0 aliphatic rings. The molecule has 0 radical (unpaired) electrons. The van der Waals surface area contributed by atoms with Crippen molar-refractivity contribution in [2.75, 3.05) is 12.4 Å². The van der Waals surface area contributed by atoms with Gasteiger partial charge in [0.15, 0.2) is 0 Å². The molecule has 0 heterocycles. The third-order valence-electron chi connectivity index (χ3n) is 2.69. The fourth-order valence-electron chi connectivity index (χ4n) is 1.76. The van der Waals surface area contributed by atoms with Gasteiger partial charge in [-0.3, -0.25) is 10.1 Å². The van der Waals surface area contributed by atoms with Crippen molar-refractivity contribution in [3.8, 4) is 11.8 Å². The Morgan fingerprint density at radius 3 is 2.70 bits per heavy atom. The van der Waals surface area contributed by atoms with Crippen LogP contribution in [-0.4, -0.2) is 12.0 Å². The van der Waals surface area contributed by atoms with E-state index in [-0.39, 0.29) is 5.69 Å². The highest BCUT2D eigenvalue weighted by atomic mass is 16.6. The Bertz CT molecular complexity index is 692. The maximum Gasteiger partial charge on any atom is 0.271 e. The molecule has 6 nitrogen and oxygen atoms in total. The summed E-state index contributed by atoms with van der Waals surface area (Å²) in [5.41, 5.74) is 1.37. The number of anilines is 2. The van der Waals surface area contributed by atoms with E-state index in [9.17, 15) is 10.1 Å². The van der Waals surface area contributed by atoms with Crippen LogP contribution in [0.5, 0.6) is 5.75 Å². The molecule has 0 unspecified atom stereocenters. The van der Waals surface area contributed by atoms with Gasteiger partial charge in [0.1, 0.15) is 11.8 Å². The molecule has 0 aromatic heterocycles. The SMILES string of the molecule is COc1cccc(C#N)c1Nc1cccc([N+](=O)[O-])c1. The predicted molar refractivity (Wildman–Crippen MR) is 74.1 cm³/mol. The minimum Gasteiger partial charge on any atom is -0.495 e. The average molecular weight is 269 g/mol. The van der Waals surface area contributed by atoms with Gasteiger partial charge in [-0.15, -0.1) is 0 Å². The molecule has 0 atom stereocenters. The Hall–Kier alpha value is -3.07. The predicted octanol–water partition coefficient (Wildman–Crippen LogP) is 3.22. The monoisotopic (exact) mass is 269 g/mol. The molecule has 0 saturated carbocycles. The van der Waals surface area contributed by atoms with Gasteiger partial charge in [-0.1, -0.05) is 12.1 Å². The number of non-ortho nitro benzene ring substituents is 1. The van der Waals surface area contributed by atoms with Crippen LogP contribution in [0.25, 0.3) is 0 Å². The van der Waals surface area contributed by atoms with Crippen LogP contribution in [0.2, 0.25) is 0 Å². The van der Waals surface area contributed by atoms with Crippen LogP contribution < -0.4 is 10.1 Å². The summed E-state index contributed by atoms with van der Waals surface area (Å²) in [5.74, 6) is 0.496. The van der Waals surface area contributed by atoms with Crippen molar-refractivity contribution >= 4 is 17.1 Å². The first kappa shape index (κ1) is 13.4. The summed E-state index contributed by atoms with van der Waals surface area (Å²) in [6.07, 6.45) is 0. The summed E-state index contributed by atoms with van der Waals surface area (Å²) >= 11 is 0. The lowest BCUT2D eigenvalue weighted by molar-refractivity contribution is -0.384. The Labute approximate surface area is 115 Å². The van der Waals surface area contributed by atoms with Crippen molar-refractivity contribution < 1.29 is 9.66 Å². The number of hydrogen-bond acceptors (Lipinski definition) is 5. The van der Waals surface area contributed by atoms with Crippen LogP contribution in [0.1, 0.15) is 5.56 Å². The fraction of sp³-hybridized carbons (Fsp3) is 0.0714. The minimum atomic E-state index is -0.474. The first-order chi connectivity index (χ1) is 9.65. The normalized spacial score (nSPS) is 9.60. The van der Waals surface area contributed by atoms with Gasteiger partial charge in [0.25, 0.3) is 5.69 Å². The molecule has 6 heteroatoms. The summed E-state index contributed by atoms with van der Waals surface area (Å²) in [4.78, 5) is 10.3. The summed E-state index contributed by atoms with van der Waals surface area (Å²) < 4.78 is 5.19. The number of nitriles is 1. The van der Waals surface area contributed by atoms with Gasteiger partial charge in [-0.05, 0) is 18.2 Å². The first-order valence-corrected chi connectivity index (χ1v) is 5.74. The van der Waals surface area contributed by atoms with E-state index in [0.717, 1.165) is 0 Å². The third-order valence-corrected chi connectivity index (χ3v) is 2.69. The van der Waals surface area contributed by atoms with Crippen LogP contribution in [0.15, 0.2) is 42.5 Å². The van der Waals surface area contributed by atoms with Gasteiger partial charge in [-0.25, -0.2) is 0 Å². The van der Waals surface area contributed by atoms with Crippen LogP contribution in [0.3, 0.4) is 0 Å². The van der Waals surface area contributed by atoms with E-state index >= 15 is 0 Å². The molecule has 100 valence electrons. The second-order valence-electron chi connectivity index (χ2n) is 3.93. The molecule has 0 aliphatic heterocycles. The Balaban J connectivity index is 2.42. The molecule has 0 fully saturated rings. The standard InChI is InChI=1S/C14H11N3O3/c1-20-13-7-2-4-10(9-15)14(13)16-11-5-3-6-12(8-11)17(18)19/h2-8,16H,1H3. The number of nitro groups is 1. The molecule has 0 spiro atoms. The number of methoxy groups -OCH3 is 1. The quantitative estimate of drug-likeness (QED) is 0.680. The zero-order chi connectivity index (χ0) is 14.5. The van der Waals surface area contributed by atoms with E-state index < -0.39 is 4.92 Å². The van der Waals surface area contributed by atoms with Crippen LogP contribution in [-0.2, 0) is 0 Å². The molecule has 0 aliphatic carbocycles. The zero-order valence-corrected chi connectivity index (χ0v) is 10.7. The number of ether oxygens (including phenoxy) is 1. The topological polar surface area (TPSA) is 88.2 Å². The maximum absolute atomic E-state index is 10.8. The molecular weight excluding hydrogens is 258 g/mol. The van der Waals surface area contributed by atoms with E-state index in [1.807, 2.05) is 0 Å². The molecule has 20 heavy (non-hydrogen) atoms. The Morgan fingerprint density at radius 1 is 1.30 bits per heavy atom. The highest BCUT2D eigenvalue weighted by molar-refractivity contribution is 5.73. The molecule has 0 amide bonds. The van der Waals surface area contributed by atoms with Crippen LogP contribution in [0, 0.1) is 21.4 Å². The van der Waals surface area contributed by atoms with Gasteiger partial charge in [-0.2, -0.15) is 5.26 Å². The van der Waals surface area contributed by atoms with E-state index in [4.69, 9.17) is 10.00 Å². The summed E-state index contributed by atoms with van der Waals surface area (Å²) in [6, 6.07) is 13.2. The maximum atomic E-state index is 10.8. The van der Waals surface area contributed by atoms with Gasteiger partial charge < -0.3 is 10.1 Å². The van der Waals surface area contributed by atoms with Crippen LogP contribution in [0.4, 0.5) is 17.1 Å². The number of nitrogens with one attached hydrogen (secondary N) is 1. The van der Waals surface area contributed by atoms with Crippen molar-refractivity contribution in [2.45, 2.75) is 0 Å². The Kier molecular flexibility index (Phi) is 3.82. The Morgan fingerprint density at radius 2 is 2.05 bits per heavy atom. The fourth-order valence-corrected chi connectivity index (χ4v) is 1.76. The number of nitrogens with zero attached hydrogens (tertiary/aromatic N) is 2. The highest BCUT2D eigenvalue weighted by Crippen LogP contribution is 2.31. The molecule has 2 rings (SSSR count). The summed E-state index contributed by atoms with van der Waals surface area (Å²) in [5, 5.41) is 22.8. The van der Waals surface area contributed by atoms with Crippen LogP contribution >= 0.6 is 0 Å². The van der Waals surface area contributed by atoms with Crippen molar-refractivity contribution in [1.82, 2.24) is 0 Å². The molecular formula is C14H11N3O3. The first-order valence-electron chi connectivity index (χ1n) is 5.74. The number of para-hydroxylation sites is 1. The third kappa shape index (κ3) is 2.67. The van der Waals surface area contributed by atoms with E-state index in [1.54, 1.807) is 30.3 Å². The number of hydrogen-bond donors (Lipinski definition) is 1. The highest BCUT2D eigenvalue weighted by Gasteiger charge is 2.11. The van der Waals surface area contributed by atoms with Crippen molar-refractivity contribution in [2.24, 2.45) is 0 Å². The summed E-state index contributed by atoms with van der Waals surface area (Å²) in [7, 11) is 1.50. The smallest absolute Gasteiger partial charge is 0.271 e.